The zero-order chi connectivity index (χ0) is 18.5. The van der Waals surface area contributed by atoms with Crippen LogP contribution in [0.4, 0.5) is 16.0 Å². The third kappa shape index (κ3) is 4.34. The second-order valence-corrected chi connectivity index (χ2v) is 7.19. The summed E-state index contributed by atoms with van der Waals surface area (Å²) >= 11 is 1.36. The molecule has 3 rings (SSSR count). The maximum Gasteiger partial charge on any atom is 0.237 e. The Morgan fingerprint density at radius 2 is 2.00 bits per heavy atom. The first kappa shape index (κ1) is 18.7. The summed E-state index contributed by atoms with van der Waals surface area (Å²) in [5.41, 5.74) is 0.565. The molecule has 0 saturated carbocycles. The van der Waals surface area contributed by atoms with Crippen molar-refractivity contribution in [3.8, 4) is 0 Å². The predicted octanol–water partition coefficient (Wildman–Crippen LogP) is 2.39. The van der Waals surface area contributed by atoms with Crippen molar-refractivity contribution in [1.29, 1.82) is 0 Å². The van der Waals surface area contributed by atoms with E-state index in [9.17, 15) is 9.18 Å². The molecule has 1 saturated heterocycles. The van der Waals surface area contributed by atoms with Crippen LogP contribution in [0.5, 0.6) is 0 Å². The number of rotatable bonds is 6. The van der Waals surface area contributed by atoms with Gasteiger partial charge >= 0.3 is 0 Å². The van der Waals surface area contributed by atoms with E-state index in [-0.39, 0.29) is 17.0 Å². The quantitative estimate of drug-likeness (QED) is 0.777. The second-order valence-electron chi connectivity index (χ2n) is 5.88. The number of anilines is 2. The lowest BCUT2D eigenvalue weighted by Crippen LogP contribution is -2.38. The molecule has 7 nitrogen and oxygen atoms in total. The number of halogens is 1. The summed E-state index contributed by atoms with van der Waals surface area (Å²) < 4.78 is 20.4. The molecule has 9 heteroatoms. The predicted molar refractivity (Wildman–Crippen MR) is 99.1 cm³/mol. The van der Waals surface area contributed by atoms with Crippen LogP contribution in [0, 0.1) is 5.82 Å². The van der Waals surface area contributed by atoms with Gasteiger partial charge in [0, 0.05) is 25.3 Å². The largest absolute Gasteiger partial charge is 0.378 e. The molecule has 2 aromatic rings. The van der Waals surface area contributed by atoms with Crippen molar-refractivity contribution in [3.63, 3.8) is 0 Å². The molecule has 1 fully saturated rings. The van der Waals surface area contributed by atoms with Gasteiger partial charge in [-0.05, 0) is 38.1 Å². The Kier molecular flexibility index (Phi) is 6.10. The van der Waals surface area contributed by atoms with Crippen LogP contribution in [-0.4, -0.2) is 52.2 Å². The summed E-state index contributed by atoms with van der Waals surface area (Å²) in [6.07, 6.45) is 0. The molecule has 1 aliphatic rings. The maximum absolute atomic E-state index is 13.0. The van der Waals surface area contributed by atoms with Crippen molar-refractivity contribution >= 4 is 29.3 Å². The number of nitrogens with one attached hydrogen (secondary N) is 1. The minimum Gasteiger partial charge on any atom is -0.378 e. The summed E-state index contributed by atoms with van der Waals surface area (Å²) in [5.74, 6) is 0.307. The van der Waals surface area contributed by atoms with E-state index in [4.69, 9.17) is 4.74 Å². The fraction of sp³-hybridized carbons (Fsp3) is 0.471. The number of amides is 1. The highest BCUT2D eigenvalue weighted by atomic mass is 32.2. The van der Waals surface area contributed by atoms with Gasteiger partial charge < -0.3 is 15.0 Å². The highest BCUT2D eigenvalue weighted by Crippen LogP contribution is 2.26. The molecule has 0 spiro atoms. The standard InChI is InChI=1S/C17H22FN5O2S/c1-3-23-16(22-8-10-25-11-9-22)20-21-17(23)26-12(2)15(24)19-14-6-4-13(18)5-7-14/h4-7,12H,3,8-11H2,1-2H3,(H,19,24)/t12-/m1/s1. The molecule has 2 heterocycles. The van der Waals surface area contributed by atoms with Gasteiger partial charge in [0.2, 0.25) is 11.9 Å². The number of benzene rings is 1. The zero-order valence-corrected chi connectivity index (χ0v) is 15.6. The van der Waals surface area contributed by atoms with Crippen LogP contribution in [0.25, 0.3) is 0 Å². The Balaban J connectivity index is 1.66. The Labute approximate surface area is 155 Å². The summed E-state index contributed by atoms with van der Waals surface area (Å²) in [4.78, 5) is 14.5. The van der Waals surface area contributed by atoms with Gasteiger partial charge in [0.15, 0.2) is 5.16 Å². The molecular formula is C17H22FN5O2S. The number of ether oxygens (including phenoxy) is 1. The van der Waals surface area contributed by atoms with Crippen LogP contribution in [0.1, 0.15) is 13.8 Å². The number of aromatic nitrogens is 3. The van der Waals surface area contributed by atoms with Crippen LogP contribution in [0.15, 0.2) is 29.4 Å². The average molecular weight is 379 g/mol. The minimum absolute atomic E-state index is 0.166. The molecule has 0 unspecified atom stereocenters. The van der Waals surface area contributed by atoms with Gasteiger partial charge in [-0.15, -0.1) is 10.2 Å². The molecule has 26 heavy (non-hydrogen) atoms. The van der Waals surface area contributed by atoms with Crippen molar-refractivity contribution in [3.05, 3.63) is 30.1 Å². The molecule has 0 aliphatic carbocycles. The third-order valence-corrected chi connectivity index (χ3v) is 5.15. The lowest BCUT2D eigenvalue weighted by atomic mass is 10.3. The third-order valence-electron chi connectivity index (χ3n) is 4.07. The Morgan fingerprint density at radius 1 is 1.31 bits per heavy atom. The van der Waals surface area contributed by atoms with Crippen molar-refractivity contribution in [1.82, 2.24) is 14.8 Å². The minimum atomic E-state index is -0.368. The highest BCUT2D eigenvalue weighted by molar-refractivity contribution is 8.00. The van der Waals surface area contributed by atoms with Crippen LogP contribution in [0.3, 0.4) is 0 Å². The summed E-state index contributed by atoms with van der Waals surface area (Å²) in [5, 5.41) is 11.7. The topological polar surface area (TPSA) is 72.3 Å². The normalized spacial score (nSPS) is 15.7. The number of hydrogen-bond acceptors (Lipinski definition) is 6. The Bertz CT molecular complexity index is 746. The highest BCUT2D eigenvalue weighted by Gasteiger charge is 2.23. The second kappa shape index (κ2) is 8.50. The van der Waals surface area contributed by atoms with Gasteiger partial charge in [-0.3, -0.25) is 9.36 Å². The van der Waals surface area contributed by atoms with Crippen molar-refractivity contribution in [2.45, 2.75) is 30.8 Å². The molecule has 0 bridgehead atoms. The van der Waals surface area contributed by atoms with Gasteiger partial charge in [-0.1, -0.05) is 11.8 Å². The lowest BCUT2D eigenvalue weighted by Gasteiger charge is -2.27. The molecule has 1 aliphatic heterocycles. The molecule has 1 aromatic heterocycles. The van der Waals surface area contributed by atoms with Crippen LogP contribution < -0.4 is 10.2 Å². The van der Waals surface area contributed by atoms with Gasteiger partial charge in [-0.2, -0.15) is 0 Å². The van der Waals surface area contributed by atoms with Crippen LogP contribution >= 0.6 is 11.8 Å². The molecule has 1 atom stereocenters. The molecular weight excluding hydrogens is 357 g/mol. The molecule has 140 valence electrons. The number of carbonyl (C=O) groups excluding carboxylic acids is 1. The SMILES string of the molecule is CCn1c(S[C@H](C)C(=O)Nc2ccc(F)cc2)nnc1N1CCOCC1. The number of thioether (sulfide) groups is 1. The smallest absolute Gasteiger partial charge is 0.237 e. The Hall–Kier alpha value is -2.13. The van der Waals surface area contributed by atoms with Gasteiger partial charge in [-0.25, -0.2) is 4.39 Å². The lowest BCUT2D eigenvalue weighted by molar-refractivity contribution is -0.115. The van der Waals surface area contributed by atoms with Gasteiger partial charge in [0.25, 0.3) is 0 Å². The maximum atomic E-state index is 13.0. The van der Waals surface area contributed by atoms with Crippen molar-refractivity contribution in [2.75, 3.05) is 36.5 Å². The van der Waals surface area contributed by atoms with E-state index in [0.717, 1.165) is 19.0 Å². The van der Waals surface area contributed by atoms with Crippen molar-refractivity contribution < 1.29 is 13.9 Å². The zero-order valence-electron chi connectivity index (χ0n) is 14.8. The number of hydrogen-bond donors (Lipinski definition) is 1. The van der Waals surface area contributed by atoms with E-state index in [1.165, 1.54) is 36.0 Å². The van der Waals surface area contributed by atoms with E-state index in [2.05, 4.69) is 20.4 Å². The first-order valence-electron chi connectivity index (χ1n) is 8.57. The van der Waals surface area contributed by atoms with Crippen LogP contribution in [0.2, 0.25) is 0 Å². The Morgan fingerprint density at radius 3 is 2.65 bits per heavy atom. The summed E-state index contributed by atoms with van der Waals surface area (Å²) in [7, 11) is 0. The van der Waals surface area contributed by atoms with Gasteiger partial charge in [0.05, 0.1) is 18.5 Å². The molecule has 1 aromatic carbocycles. The first-order valence-corrected chi connectivity index (χ1v) is 9.45. The fourth-order valence-electron chi connectivity index (χ4n) is 2.63. The molecule has 1 N–H and O–H groups in total. The molecule has 0 radical (unpaired) electrons. The van der Waals surface area contributed by atoms with E-state index < -0.39 is 0 Å². The first-order chi connectivity index (χ1) is 12.6. The van der Waals surface area contributed by atoms with E-state index in [1.807, 2.05) is 18.4 Å². The number of morpholine rings is 1. The van der Waals surface area contributed by atoms with E-state index >= 15 is 0 Å². The van der Waals surface area contributed by atoms with Crippen LogP contribution in [-0.2, 0) is 16.1 Å². The monoisotopic (exact) mass is 379 g/mol. The van der Waals surface area contributed by atoms with E-state index in [1.54, 1.807) is 0 Å². The number of carbonyl (C=O) groups is 1. The summed E-state index contributed by atoms with van der Waals surface area (Å²) in [6, 6.07) is 5.71. The number of nitrogens with zero attached hydrogens (tertiary/aromatic N) is 4. The fourth-order valence-corrected chi connectivity index (χ4v) is 3.54. The van der Waals surface area contributed by atoms with Crippen molar-refractivity contribution in [2.24, 2.45) is 0 Å². The summed E-state index contributed by atoms with van der Waals surface area (Å²) in [6.45, 7) is 7.47. The van der Waals surface area contributed by atoms with E-state index in [0.29, 0.717) is 30.6 Å². The average Bonchev–Trinajstić information content (AvgIpc) is 3.06. The van der Waals surface area contributed by atoms with Gasteiger partial charge in [0.1, 0.15) is 5.82 Å². The molecule has 1 amide bonds.